The Morgan fingerprint density at radius 2 is 1.82 bits per heavy atom. The van der Waals surface area contributed by atoms with E-state index in [4.69, 9.17) is 0 Å². The van der Waals surface area contributed by atoms with Crippen LogP contribution in [-0.4, -0.2) is 27.9 Å². The Morgan fingerprint density at radius 1 is 1.12 bits per heavy atom. The Bertz CT molecular complexity index is 444. The van der Waals surface area contributed by atoms with Gasteiger partial charge in [-0.2, -0.15) is 0 Å². The van der Waals surface area contributed by atoms with Gasteiger partial charge in [0, 0.05) is 13.8 Å². The lowest BCUT2D eigenvalue weighted by Crippen LogP contribution is -2.41. The minimum absolute atomic E-state index is 0.0163. The first kappa shape index (κ1) is 13.0. The van der Waals surface area contributed by atoms with Crippen LogP contribution in [0.4, 0.5) is 5.13 Å². The Morgan fingerprint density at radius 3 is 2.41 bits per heavy atom. The number of carbonyl (C=O) groups excluding carboxylic acids is 3. The highest BCUT2D eigenvalue weighted by molar-refractivity contribution is 7.15. The van der Waals surface area contributed by atoms with Crippen LogP contribution in [0.3, 0.4) is 0 Å². The van der Waals surface area contributed by atoms with Crippen LogP contribution in [0.5, 0.6) is 0 Å². The number of rotatable bonds is 3. The van der Waals surface area contributed by atoms with E-state index in [1.165, 1.54) is 13.8 Å². The van der Waals surface area contributed by atoms with Crippen molar-refractivity contribution in [3.8, 4) is 0 Å². The fourth-order valence-electron chi connectivity index (χ4n) is 0.865. The van der Waals surface area contributed by atoms with Gasteiger partial charge in [-0.05, 0) is 0 Å². The molecule has 0 aliphatic heterocycles. The van der Waals surface area contributed by atoms with Crippen LogP contribution in [-0.2, 0) is 20.8 Å². The van der Waals surface area contributed by atoms with Crippen molar-refractivity contribution >= 4 is 34.2 Å². The Labute approximate surface area is 101 Å². The van der Waals surface area contributed by atoms with E-state index in [0.29, 0.717) is 10.1 Å². The zero-order valence-corrected chi connectivity index (χ0v) is 10.1. The molecule has 0 aliphatic rings. The first-order chi connectivity index (χ1) is 7.97. The van der Waals surface area contributed by atoms with Crippen LogP contribution in [0.2, 0.25) is 0 Å². The molecule has 0 aromatic carbocycles. The fraction of sp³-hybridized carbons (Fsp3) is 0.375. The molecule has 3 amide bonds. The molecule has 8 nitrogen and oxygen atoms in total. The standard InChI is InChI=1S/C8H11N5O3S/c1-4(14)9-8-13-12-7(17-8)3-6(16)11-10-5(2)15/h3H2,1-2H3,(H,10,15)(H,11,16)(H,9,13,14). The summed E-state index contributed by atoms with van der Waals surface area (Å²) >= 11 is 1.10. The van der Waals surface area contributed by atoms with Gasteiger partial charge >= 0.3 is 0 Å². The summed E-state index contributed by atoms with van der Waals surface area (Å²) in [7, 11) is 0. The molecule has 0 saturated heterocycles. The number of nitrogens with zero attached hydrogens (tertiary/aromatic N) is 2. The van der Waals surface area contributed by atoms with Crippen LogP contribution >= 0.6 is 11.3 Å². The van der Waals surface area contributed by atoms with Crippen molar-refractivity contribution in [2.75, 3.05) is 5.32 Å². The summed E-state index contributed by atoms with van der Waals surface area (Å²) < 4.78 is 0. The van der Waals surface area contributed by atoms with Crippen molar-refractivity contribution in [2.24, 2.45) is 0 Å². The Hall–Kier alpha value is -2.03. The molecular weight excluding hydrogens is 246 g/mol. The summed E-state index contributed by atoms with van der Waals surface area (Å²) in [5.41, 5.74) is 4.35. The SMILES string of the molecule is CC(=O)NNC(=O)Cc1nnc(NC(C)=O)s1. The molecule has 17 heavy (non-hydrogen) atoms. The molecular formula is C8H11N5O3S. The average molecular weight is 257 g/mol. The number of carbonyl (C=O) groups is 3. The molecule has 92 valence electrons. The first-order valence-corrected chi connectivity index (χ1v) is 5.44. The minimum atomic E-state index is -0.411. The Kier molecular flexibility index (Phi) is 4.52. The summed E-state index contributed by atoms with van der Waals surface area (Å²) in [6.07, 6.45) is -0.0163. The summed E-state index contributed by atoms with van der Waals surface area (Å²) in [4.78, 5) is 32.5. The lowest BCUT2D eigenvalue weighted by Gasteiger charge is -2.02. The predicted octanol–water partition coefficient (Wildman–Crippen LogP) is -0.794. The van der Waals surface area contributed by atoms with Gasteiger partial charge in [-0.15, -0.1) is 10.2 Å². The van der Waals surface area contributed by atoms with E-state index in [9.17, 15) is 14.4 Å². The largest absolute Gasteiger partial charge is 0.301 e. The molecule has 0 aliphatic carbocycles. The highest BCUT2D eigenvalue weighted by atomic mass is 32.1. The quantitative estimate of drug-likeness (QED) is 0.614. The van der Waals surface area contributed by atoms with Crippen molar-refractivity contribution in [2.45, 2.75) is 20.3 Å². The maximum atomic E-state index is 11.3. The van der Waals surface area contributed by atoms with Gasteiger partial charge in [0.2, 0.25) is 22.9 Å². The number of hydrogen-bond acceptors (Lipinski definition) is 6. The molecule has 9 heteroatoms. The van der Waals surface area contributed by atoms with Crippen LogP contribution in [0.1, 0.15) is 18.9 Å². The van der Waals surface area contributed by atoms with Gasteiger partial charge in [0.05, 0.1) is 6.42 Å². The number of nitrogens with one attached hydrogen (secondary N) is 3. The van der Waals surface area contributed by atoms with E-state index in [2.05, 4.69) is 26.4 Å². The van der Waals surface area contributed by atoms with Crippen LogP contribution in [0.25, 0.3) is 0 Å². The molecule has 0 unspecified atom stereocenters. The first-order valence-electron chi connectivity index (χ1n) is 4.62. The van der Waals surface area contributed by atoms with E-state index in [1.807, 2.05) is 0 Å². The minimum Gasteiger partial charge on any atom is -0.301 e. The van der Waals surface area contributed by atoms with Crippen molar-refractivity contribution in [1.82, 2.24) is 21.0 Å². The Balaban J connectivity index is 2.46. The fourth-order valence-corrected chi connectivity index (χ4v) is 1.65. The van der Waals surface area contributed by atoms with Crippen LogP contribution < -0.4 is 16.2 Å². The number of amides is 3. The van der Waals surface area contributed by atoms with Crippen molar-refractivity contribution < 1.29 is 14.4 Å². The smallest absolute Gasteiger partial charge is 0.245 e. The maximum absolute atomic E-state index is 11.3. The molecule has 0 radical (unpaired) electrons. The second kappa shape index (κ2) is 5.89. The molecule has 0 saturated carbocycles. The van der Waals surface area contributed by atoms with Crippen LogP contribution in [0.15, 0.2) is 0 Å². The second-order valence-corrected chi connectivity index (χ2v) is 4.15. The molecule has 3 N–H and O–H groups in total. The van der Waals surface area contributed by atoms with Crippen molar-refractivity contribution in [3.05, 3.63) is 5.01 Å². The van der Waals surface area contributed by atoms with E-state index < -0.39 is 5.91 Å². The number of hydrazine groups is 1. The third kappa shape index (κ3) is 5.02. The molecule has 1 heterocycles. The van der Waals surface area contributed by atoms with E-state index in [-0.39, 0.29) is 18.2 Å². The van der Waals surface area contributed by atoms with Crippen molar-refractivity contribution in [1.29, 1.82) is 0 Å². The molecule has 0 fully saturated rings. The molecule has 0 atom stereocenters. The van der Waals surface area contributed by atoms with Crippen molar-refractivity contribution in [3.63, 3.8) is 0 Å². The summed E-state index contributed by atoms with van der Waals surface area (Å²) in [5.74, 6) is -1.03. The zero-order chi connectivity index (χ0) is 12.8. The lowest BCUT2D eigenvalue weighted by molar-refractivity contribution is -0.127. The van der Waals surface area contributed by atoms with E-state index in [0.717, 1.165) is 11.3 Å². The number of anilines is 1. The molecule has 0 spiro atoms. The van der Waals surface area contributed by atoms with Gasteiger partial charge in [0.15, 0.2) is 0 Å². The molecule has 1 rings (SSSR count). The lowest BCUT2D eigenvalue weighted by atomic mass is 10.4. The van der Waals surface area contributed by atoms with E-state index in [1.54, 1.807) is 0 Å². The predicted molar refractivity (Wildman–Crippen MR) is 59.9 cm³/mol. The van der Waals surface area contributed by atoms with E-state index >= 15 is 0 Å². The summed E-state index contributed by atoms with van der Waals surface area (Å²) in [6, 6.07) is 0. The van der Waals surface area contributed by atoms with Crippen LogP contribution in [0, 0.1) is 0 Å². The van der Waals surface area contributed by atoms with Gasteiger partial charge in [-0.25, -0.2) is 0 Å². The van der Waals surface area contributed by atoms with Gasteiger partial charge in [0.1, 0.15) is 5.01 Å². The third-order valence-corrected chi connectivity index (χ3v) is 2.28. The third-order valence-electron chi connectivity index (χ3n) is 1.44. The number of aromatic nitrogens is 2. The summed E-state index contributed by atoms with van der Waals surface area (Å²) in [5, 5.41) is 10.6. The topological polar surface area (TPSA) is 113 Å². The van der Waals surface area contributed by atoms with Gasteiger partial charge in [0.25, 0.3) is 0 Å². The zero-order valence-electron chi connectivity index (χ0n) is 9.23. The normalized spacial score (nSPS) is 9.53. The summed E-state index contributed by atoms with van der Waals surface area (Å²) in [6.45, 7) is 2.63. The van der Waals surface area contributed by atoms with Gasteiger partial charge < -0.3 is 5.32 Å². The molecule has 1 aromatic heterocycles. The average Bonchev–Trinajstić information content (AvgIpc) is 2.61. The van der Waals surface area contributed by atoms with Gasteiger partial charge in [-0.1, -0.05) is 11.3 Å². The number of hydrogen-bond donors (Lipinski definition) is 3. The monoisotopic (exact) mass is 257 g/mol. The van der Waals surface area contributed by atoms with Gasteiger partial charge in [-0.3, -0.25) is 25.2 Å². The highest BCUT2D eigenvalue weighted by Crippen LogP contribution is 2.15. The second-order valence-electron chi connectivity index (χ2n) is 3.09. The molecule has 1 aromatic rings. The maximum Gasteiger partial charge on any atom is 0.245 e. The molecule has 0 bridgehead atoms. The highest BCUT2D eigenvalue weighted by Gasteiger charge is 2.10.